The second-order valence-corrected chi connectivity index (χ2v) is 6.79. The Morgan fingerprint density at radius 2 is 2.14 bits per heavy atom. The number of urea groups is 1. The molecule has 1 fully saturated rings. The number of aromatic nitrogens is 1. The molecular weight excluding hydrogens is 322 g/mol. The number of methoxy groups -OCH3 is 1. The monoisotopic (exact) mass is 339 g/mol. The molecule has 0 radical (unpaired) electrons. The van der Waals surface area contributed by atoms with E-state index in [4.69, 9.17) is 16.3 Å². The van der Waals surface area contributed by atoms with Crippen molar-refractivity contribution < 1.29 is 9.53 Å². The van der Waals surface area contributed by atoms with E-state index in [1.165, 1.54) is 30.6 Å². The first kappa shape index (κ1) is 15.4. The fourth-order valence-corrected chi connectivity index (χ4v) is 3.89. The molecular formula is C15H18ClN3O2S. The molecule has 1 aliphatic carbocycles. The van der Waals surface area contributed by atoms with Gasteiger partial charge in [0.15, 0.2) is 5.13 Å². The minimum atomic E-state index is -0.207. The molecule has 1 aromatic carbocycles. The first-order valence-corrected chi connectivity index (χ1v) is 8.57. The van der Waals surface area contributed by atoms with Crippen LogP contribution >= 0.6 is 22.9 Å². The number of ether oxygens (including phenoxy) is 1. The van der Waals surface area contributed by atoms with E-state index in [0.717, 1.165) is 17.5 Å². The fraction of sp³-hybridized carbons (Fsp3) is 0.467. The zero-order chi connectivity index (χ0) is 15.5. The minimum absolute atomic E-state index is 0.207. The molecule has 7 heteroatoms. The highest BCUT2D eigenvalue weighted by atomic mass is 35.5. The molecule has 0 atom stereocenters. The van der Waals surface area contributed by atoms with Crippen molar-refractivity contribution in [2.75, 3.05) is 12.4 Å². The Labute approximate surface area is 138 Å². The molecule has 1 aliphatic rings. The summed E-state index contributed by atoms with van der Waals surface area (Å²) >= 11 is 7.53. The van der Waals surface area contributed by atoms with Crippen LogP contribution in [0.2, 0.25) is 5.02 Å². The Kier molecular flexibility index (Phi) is 4.69. The lowest BCUT2D eigenvalue weighted by Crippen LogP contribution is -2.38. The molecule has 0 unspecified atom stereocenters. The lowest BCUT2D eigenvalue weighted by atomic mass is 9.96. The first-order valence-electron chi connectivity index (χ1n) is 7.38. The van der Waals surface area contributed by atoms with Gasteiger partial charge in [-0.05, 0) is 25.0 Å². The van der Waals surface area contributed by atoms with Gasteiger partial charge >= 0.3 is 6.03 Å². The maximum absolute atomic E-state index is 12.1. The van der Waals surface area contributed by atoms with Crippen molar-refractivity contribution in [2.45, 2.75) is 38.1 Å². The van der Waals surface area contributed by atoms with E-state index in [1.54, 1.807) is 19.2 Å². The van der Waals surface area contributed by atoms with Crippen molar-refractivity contribution in [3.63, 3.8) is 0 Å². The van der Waals surface area contributed by atoms with Gasteiger partial charge < -0.3 is 10.1 Å². The van der Waals surface area contributed by atoms with E-state index >= 15 is 0 Å². The van der Waals surface area contributed by atoms with Crippen molar-refractivity contribution in [3.8, 4) is 5.75 Å². The van der Waals surface area contributed by atoms with Gasteiger partial charge in [-0.2, -0.15) is 0 Å². The summed E-state index contributed by atoms with van der Waals surface area (Å²) in [6.07, 6.45) is 5.72. The lowest BCUT2D eigenvalue weighted by Gasteiger charge is -2.22. The second-order valence-electron chi connectivity index (χ2n) is 5.38. The molecule has 0 spiro atoms. The predicted octanol–water partition coefficient (Wildman–Crippen LogP) is 4.41. The van der Waals surface area contributed by atoms with E-state index in [-0.39, 0.29) is 12.1 Å². The zero-order valence-electron chi connectivity index (χ0n) is 12.3. The first-order chi connectivity index (χ1) is 10.7. The standard InChI is InChI=1S/C15H18ClN3O2S/c1-21-11-8-7-10(16)13-12(11)18-15(22-13)19-14(20)17-9-5-3-2-4-6-9/h7-9H,2-6H2,1H3,(H2,17,18,19,20). The third kappa shape index (κ3) is 3.28. The van der Waals surface area contributed by atoms with Gasteiger partial charge in [0.05, 0.1) is 16.8 Å². The number of nitrogens with one attached hydrogen (secondary N) is 2. The number of carbonyl (C=O) groups excluding carboxylic acids is 1. The molecule has 1 aromatic heterocycles. The SMILES string of the molecule is COc1ccc(Cl)c2sc(NC(=O)NC3CCCCC3)nc12. The number of hydrogen-bond donors (Lipinski definition) is 2. The largest absolute Gasteiger partial charge is 0.494 e. The smallest absolute Gasteiger partial charge is 0.321 e. The molecule has 0 saturated heterocycles. The molecule has 3 rings (SSSR count). The summed E-state index contributed by atoms with van der Waals surface area (Å²) in [5.74, 6) is 0.649. The Balaban J connectivity index is 1.73. The number of benzene rings is 1. The Hall–Kier alpha value is -1.53. The summed E-state index contributed by atoms with van der Waals surface area (Å²) in [4.78, 5) is 16.5. The second kappa shape index (κ2) is 6.71. The lowest BCUT2D eigenvalue weighted by molar-refractivity contribution is 0.244. The van der Waals surface area contributed by atoms with Crippen LogP contribution in [0.25, 0.3) is 10.2 Å². The van der Waals surface area contributed by atoms with E-state index < -0.39 is 0 Å². The summed E-state index contributed by atoms with van der Waals surface area (Å²) in [6.45, 7) is 0. The average molecular weight is 340 g/mol. The van der Waals surface area contributed by atoms with Crippen LogP contribution in [0.1, 0.15) is 32.1 Å². The van der Waals surface area contributed by atoms with Crippen LogP contribution in [0.3, 0.4) is 0 Å². The van der Waals surface area contributed by atoms with Crippen LogP contribution in [-0.2, 0) is 0 Å². The number of rotatable bonds is 3. The number of thiazole rings is 1. The zero-order valence-corrected chi connectivity index (χ0v) is 13.9. The number of hydrogen-bond acceptors (Lipinski definition) is 4. The van der Waals surface area contributed by atoms with Crippen molar-refractivity contribution in [1.82, 2.24) is 10.3 Å². The molecule has 2 N–H and O–H groups in total. The van der Waals surface area contributed by atoms with Crippen molar-refractivity contribution >= 4 is 44.3 Å². The van der Waals surface area contributed by atoms with E-state index in [0.29, 0.717) is 21.4 Å². The van der Waals surface area contributed by atoms with Gasteiger partial charge in [-0.25, -0.2) is 9.78 Å². The van der Waals surface area contributed by atoms with E-state index in [9.17, 15) is 4.79 Å². The summed E-state index contributed by atoms with van der Waals surface area (Å²) < 4.78 is 6.09. The van der Waals surface area contributed by atoms with Crippen molar-refractivity contribution in [1.29, 1.82) is 0 Å². The number of halogens is 1. The maximum Gasteiger partial charge on any atom is 0.321 e. The summed E-state index contributed by atoms with van der Waals surface area (Å²) in [7, 11) is 1.59. The Morgan fingerprint density at radius 1 is 1.36 bits per heavy atom. The molecule has 0 aliphatic heterocycles. The highest BCUT2D eigenvalue weighted by molar-refractivity contribution is 7.23. The van der Waals surface area contributed by atoms with E-state index in [2.05, 4.69) is 15.6 Å². The highest BCUT2D eigenvalue weighted by Gasteiger charge is 2.17. The molecule has 2 aromatic rings. The molecule has 1 heterocycles. The number of anilines is 1. The van der Waals surface area contributed by atoms with Gasteiger partial charge in [0.25, 0.3) is 0 Å². The minimum Gasteiger partial charge on any atom is -0.494 e. The van der Waals surface area contributed by atoms with Gasteiger partial charge in [0.2, 0.25) is 0 Å². The Bertz CT molecular complexity index is 683. The highest BCUT2D eigenvalue weighted by Crippen LogP contribution is 2.37. The number of carbonyl (C=O) groups is 1. The Morgan fingerprint density at radius 3 is 2.86 bits per heavy atom. The van der Waals surface area contributed by atoms with Crippen LogP contribution in [0, 0.1) is 0 Å². The van der Waals surface area contributed by atoms with E-state index in [1.807, 2.05) is 0 Å². The van der Waals surface area contributed by atoms with Crippen LogP contribution in [-0.4, -0.2) is 24.2 Å². The van der Waals surface area contributed by atoms with Crippen LogP contribution < -0.4 is 15.4 Å². The van der Waals surface area contributed by atoms with Crippen LogP contribution in [0.15, 0.2) is 12.1 Å². The van der Waals surface area contributed by atoms with Gasteiger partial charge in [-0.1, -0.05) is 42.2 Å². The third-order valence-corrected chi connectivity index (χ3v) is 5.27. The van der Waals surface area contributed by atoms with Gasteiger partial charge in [-0.15, -0.1) is 0 Å². The van der Waals surface area contributed by atoms with Crippen molar-refractivity contribution in [3.05, 3.63) is 17.2 Å². The molecule has 22 heavy (non-hydrogen) atoms. The van der Waals surface area contributed by atoms with Crippen LogP contribution in [0.4, 0.5) is 9.93 Å². The molecule has 2 amide bonds. The molecule has 1 saturated carbocycles. The van der Waals surface area contributed by atoms with Crippen molar-refractivity contribution in [2.24, 2.45) is 0 Å². The third-order valence-electron chi connectivity index (χ3n) is 3.84. The molecule has 0 bridgehead atoms. The quantitative estimate of drug-likeness (QED) is 0.870. The van der Waals surface area contributed by atoms with Gasteiger partial charge in [-0.3, -0.25) is 5.32 Å². The summed E-state index contributed by atoms with van der Waals surface area (Å²) in [5, 5.41) is 6.94. The normalized spacial score (nSPS) is 15.7. The molecule has 5 nitrogen and oxygen atoms in total. The maximum atomic E-state index is 12.1. The van der Waals surface area contributed by atoms with Gasteiger partial charge in [0.1, 0.15) is 11.3 Å². The molecule has 118 valence electrons. The number of fused-ring (bicyclic) bond motifs is 1. The fourth-order valence-electron chi connectivity index (χ4n) is 2.74. The van der Waals surface area contributed by atoms with Gasteiger partial charge in [0, 0.05) is 6.04 Å². The number of nitrogens with zero attached hydrogens (tertiary/aromatic N) is 1. The topological polar surface area (TPSA) is 63.2 Å². The summed E-state index contributed by atoms with van der Waals surface area (Å²) in [5.41, 5.74) is 0.674. The predicted molar refractivity (Wildman–Crippen MR) is 90.2 cm³/mol. The van der Waals surface area contributed by atoms with Crippen LogP contribution in [0.5, 0.6) is 5.75 Å². The average Bonchev–Trinajstić information content (AvgIpc) is 2.93. The number of amides is 2. The summed E-state index contributed by atoms with van der Waals surface area (Å²) in [6, 6.07) is 3.60.